The van der Waals surface area contributed by atoms with Gasteiger partial charge in [-0.1, -0.05) is 25.9 Å². The quantitative estimate of drug-likeness (QED) is 0.814. The van der Waals surface area contributed by atoms with Gasteiger partial charge in [0.2, 0.25) is 11.8 Å². The van der Waals surface area contributed by atoms with Crippen molar-refractivity contribution in [3.8, 4) is 0 Å². The van der Waals surface area contributed by atoms with Crippen molar-refractivity contribution in [1.29, 1.82) is 0 Å². The van der Waals surface area contributed by atoms with E-state index in [1.54, 1.807) is 6.07 Å². The number of rotatable bonds is 6. The molecule has 1 heterocycles. The van der Waals surface area contributed by atoms with Crippen molar-refractivity contribution in [2.45, 2.75) is 31.9 Å². The summed E-state index contributed by atoms with van der Waals surface area (Å²) in [6.07, 6.45) is 0. The normalized spacial score (nSPS) is 12.8. The molecule has 0 saturated carbocycles. The monoisotopic (exact) mass is 258 g/mol. The highest BCUT2D eigenvalue weighted by atomic mass is 32.2. The maximum Gasteiger partial charge on any atom is 0.236 e. The number of hydrogen-bond donors (Lipinski definition) is 2. The van der Waals surface area contributed by atoms with Crippen LogP contribution >= 0.6 is 11.8 Å². The number of aromatic nitrogens is 1. The number of thioether (sulfide) groups is 1. The predicted molar refractivity (Wildman–Crippen MR) is 68.2 cm³/mol. The first-order valence-corrected chi connectivity index (χ1v) is 6.56. The Morgan fingerprint density at radius 2 is 2.29 bits per heavy atom. The standard InChI is InChI=1S/C11H18N2O3S/c1-7(2)9-4-11(16-13-9)12-10(15)6-17-8(3)5-14/h4,7-8,14H,5-6H2,1-3H3,(H,12,15). The highest BCUT2D eigenvalue weighted by Crippen LogP contribution is 2.18. The molecule has 1 aromatic heterocycles. The third kappa shape index (κ3) is 4.79. The van der Waals surface area contributed by atoms with Crippen LogP contribution in [0.1, 0.15) is 32.4 Å². The number of carbonyl (C=O) groups is 1. The van der Waals surface area contributed by atoms with E-state index < -0.39 is 0 Å². The third-order valence-corrected chi connectivity index (χ3v) is 3.29. The van der Waals surface area contributed by atoms with Crippen LogP contribution in [0.3, 0.4) is 0 Å². The molecular weight excluding hydrogens is 240 g/mol. The summed E-state index contributed by atoms with van der Waals surface area (Å²) in [6.45, 7) is 5.94. The zero-order valence-corrected chi connectivity index (χ0v) is 11.1. The zero-order chi connectivity index (χ0) is 12.8. The molecule has 0 radical (unpaired) electrons. The average molecular weight is 258 g/mol. The average Bonchev–Trinajstić information content (AvgIpc) is 2.74. The number of anilines is 1. The second-order valence-corrected chi connectivity index (χ2v) is 5.55. The molecule has 0 fully saturated rings. The summed E-state index contributed by atoms with van der Waals surface area (Å²) in [6, 6.07) is 1.72. The first-order chi connectivity index (χ1) is 8.02. The van der Waals surface area contributed by atoms with Gasteiger partial charge < -0.3 is 9.63 Å². The Kier molecular flexibility index (Phi) is 5.50. The van der Waals surface area contributed by atoms with E-state index in [2.05, 4.69) is 10.5 Å². The van der Waals surface area contributed by atoms with Gasteiger partial charge in [-0.05, 0) is 5.92 Å². The van der Waals surface area contributed by atoms with Crippen LogP contribution in [0.2, 0.25) is 0 Å². The Labute approximate surface area is 105 Å². The van der Waals surface area contributed by atoms with E-state index in [0.29, 0.717) is 11.6 Å². The topological polar surface area (TPSA) is 75.4 Å². The molecule has 0 aromatic carbocycles. The van der Waals surface area contributed by atoms with Gasteiger partial charge in [-0.15, -0.1) is 11.8 Å². The van der Waals surface area contributed by atoms with Crippen LogP contribution in [-0.4, -0.2) is 33.8 Å². The van der Waals surface area contributed by atoms with Crippen LogP contribution in [-0.2, 0) is 4.79 Å². The van der Waals surface area contributed by atoms with E-state index >= 15 is 0 Å². The largest absolute Gasteiger partial charge is 0.395 e. The van der Waals surface area contributed by atoms with Gasteiger partial charge in [0.1, 0.15) is 0 Å². The first-order valence-electron chi connectivity index (χ1n) is 5.51. The third-order valence-electron chi connectivity index (χ3n) is 2.14. The number of aliphatic hydroxyl groups excluding tert-OH is 1. The molecular formula is C11H18N2O3S. The highest BCUT2D eigenvalue weighted by molar-refractivity contribution is 8.00. The molecule has 17 heavy (non-hydrogen) atoms. The van der Waals surface area contributed by atoms with Crippen molar-refractivity contribution in [1.82, 2.24) is 5.16 Å². The molecule has 96 valence electrons. The van der Waals surface area contributed by atoms with Crippen molar-refractivity contribution in [3.63, 3.8) is 0 Å². The molecule has 1 unspecified atom stereocenters. The van der Waals surface area contributed by atoms with E-state index in [4.69, 9.17) is 9.63 Å². The minimum absolute atomic E-state index is 0.0571. The van der Waals surface area contributed by atoms with Gasteiger partial charge in [-0.25, -0.2) is 0 Å². The van der Waals surface area contributed by atoms with Gasteiger partial charge in [0.25, 0.3) is 0 Å². The lowest BCUT2D eigenvalue weighted by Gasteiger charge is -2.06. The second-order valence-electron chi connectivity index (χ2n) is 4.12. The van der Waals surface area contributed by atoms with Gasteiger partial charge in [0.05, 0.1) is 18.1 Å². The first kappa shape index (κ1) is 14.1. The molecule has 1 aromatic rings. The van der Waals surface area contributed by atoms with Crippen molar-refractivity contribution < 1.29 is 14.4 Å². The van der Waals surface area contributed by atoms with E-state index in [0.717, 1.165) is 5.69 Å². The lowest BCUT2D eigenvalue weighted by molar-refractivity contribution is -0.113. The highest BCUT2D eigenvalue weighted by Gasteiger charge is 2.11. The Bertz CT molecular complexity index is 365. The molecule has 0 spiro atoms. The van der Waals surface area contributed by atoms with Crippen LogP contribution in [0.4, 0.5) is 5.88 Å². The van der Waals surface area contributed by atoms with Crippen LogP contribution in [0.15, 0.2) is 10.6 Å². The number of aliphatic hydroxyl groups is 1. The van der Waals surface area contributed by atoms with Gasteiger partial charge in [-0.3, -0.25) is 10.1 Å². The van der Waals surface area contributed by atoms with Gasteiger partial charge in [0, 0.05) is 11.3 Å². The maximum atomic E-state index is 11.5. The smallest absolute Gasteiger partial charge is 0.236 e. The fraction of sp³-hybridized carbons (Fsp3) is 0.636. The minimum Gasteiger partial charge on any atom is -0.395 e. The van der Waals surface area contributed by atoms with E-state index in [1.165, 1.54) is 11.8 Å². The van der Waals surface area contributed by atoms with Crippen LogP contribution < -0.4 is 5.32 Å². The lowest BCUT2D eigenvalue weighted by atomic mass is 10.1. The van der Waals surface area contributed by atoms with Crippen molar-refractivity contribution in [2.75, 3.05) is 17.7 Å². The van der Waals surface area contributed by atoms with Gasteiger partial charge >= 0.3 is 0 Å². The molecule has 0 bridgehead atoms. The Hall–Kier alpha value is -1.01. The Morgan fingerprint density at radius 1 is 1.59 bits per heavy atom. The van der Waals surface area contributed by atoms with Crippen molar-refractivity contribution in [3.05, 3.63) is 11.8 Å². The van der Waals surface area contributed by atoms with Crippen molar-refractivity contribution >= 4 is 23.6 Å². The summed E-state index contributed by atoms with van der Waals surface area (Å²) in [7, 11) is 0. The van der Waals surface area contributed by atoms with E-state index in [1.807, 2.05) is 20.8 Å². The van der Waals surface area contributed by atoms with Crippen LogP contribution in [0.5, 0.6) is 0 Å². The molecule has 1 atom stereocenters. The molecule has 0 aliphatic heterocycles. The SMILES string of the molecule is CC(CO)SCC(=O)Nc1cc(C(C)C)no1. The van der Waals surface area contributed by atoms with Crippen LogP contribution in [0, 0.1) is 0 Å². The summed E-state index contributed by atoms with van der Waals surface area (Å²) in [5.41, 5.74) is 0.816. The molecule has 2 N–H and O–H groups in total. The summed E-state index contributed by atoms with van der Waals surface area (Å²) in [5.74, 6) is 0.783. The van der Waals surface area contributed by atoms with E-state index in [-0.39, 0.29) is 23.7 Å². The number of nitrogens with one attached hydrogen (secondary N) is 1. The fourth-order valence-corrected chi connectivity index (χ4v) is 1.68. The van der Waals surface area contributed by atoms with Crippen LogP contribution in [0.25, 0.3) is 0 Å². The number of carbonyl (C=O) groups excluding carboxylic acids is 1. The maximum absolute atomic E-state index is 11.5. The molecule has 5 nitrogen and oxygen atoms in total. The van der Waals surface area contributed by atoms with Gasteiger partial charge in [0.15, 0.2) is 0 Å². The fourth-order valence-electron chi connectivity index (χ4n) is 1.06. The molecule has 6 heteroatoms. The lowest BCUT2D eigenvalue weighted by Crippen LogP contribution is -2.16. The Morgan fingerprint density at radius 3 is 2.82 bits per heavy atom. The molecule has 1 amide bonds. The molecule has 1 rings (SSSR count). The van der Waals surface area contributed by atoms with E-state index in [9.17, 15) is 4.79 Å². The van der Waals surface area contributed by atoms with Crippen molar-refractivity contribution in [2.24, 2.45) is 0 Å². The number of nitrogens with zero attached hydrogens (tertiary/aromatic N) is 1. The summed E-state index contributed by atoms with van der Waals surface area (Å²) < 4.78 is 4.99. The second kappa shape index (κ2) is 6.66. The molecule has 0 saturated heterocycles. The Balaban J connectivity index is 2.39. The van der Waals surface area contributed by atoms with Gasteiger partial charge in [-0.2, -0.15) is 0 Å². The summed E-state index contributed by atoms with van der Waals surface area (Å²) in [5, 5.41) is 15.3. The molecule has 0 aliphatic carbocycles. The summed E-state index contributed by atoms with van der Waals surface area (Å²) in [4.78, 5) is 11.5. The zero-order valence-electron chi connectivity index (χ0n) is 10.3. The number of amides is 1. The minimum atomic E-state index is -0.151. The number of hydrogen-bond acceptors (Lipinski definition) is 5. The predicted octanol–water partition coefficient (Wildman–Crippen LogP) is 1.85. The molecule has 0 aliphatic rings. The summed E-state index contributed by atoms with van der Waals surface area (Å²) >= 11 is 1.39.